The predicted molar refractivity (Wildman–Crippen MR) is 121 cm³/mol. The second kappa shape index (κ2) is 9.87. The first-order valence-corrected chi connectivity index (χ1v) is 11.3. The van der Waals surface area contributed by atoms with E-state index >= 15 is 0 Å². The van der Waals surface area contributed by atoms with Gasteiger partial charge in [-0.1, -0.05) is 25.1 Å². The van der Waals surface area contributed by atoms with E-state index in [1.807, 2.05) is 30.0 Å². The van der Waals surface area contributed by atoms with Crippen molar-refractivity contribution in [2.24, 2.45) is 5.92 Å². The molecule has 1 amide bonds. The highest BCUT2D eigenvalue weighted by molar-refractivity contribution is 6.01. The van der Waals surface area contributed by atoms with Crippen molar-refractivity contribution in [1.82, 2.24) is 24.8 Å². The number of rotatable bonds is 5. The van der Waals surface area contributed by atoms with Crippen molar-refractivity contribution in [2.75, 3.05) is 6.54 Å². The normalized spacial score (nSPS) is 18.7. The molecule has 0 aliphatic carbocycles. The summed E-state index contributed by atoms with van der Waals surface area (Å²) in [5.41, 5.74) is 1.25. The van der Waals surface area contributed by atoms with Gasteiger partial charge in [0.2, 0.25) is 0 Å². The van der Waals surface area contributed by atoms with Gasteiger partial charge in [0, 0.05) is 49.4 Å². The quantitative estimate of drug-likeness (QED) is 0.518. The molecule has 3 heterocycles. The largest absolute Gasteiger partial charge is 0.419 e. The number of aryl methyl sites for hydroxylation is 2. The lowest BCUT2D eigenvalue weighted by Crippen LogP contribution is -2.48. The number of halogens is 3. The van der Waals surface area contributed by atoms with E-state index in [1.165, 1.54) is 0 Å². The summed E-state index contributed by atoms with van der Waals surface area (Å²) in [5, 5.41) is 0. The van der Waals surface area contributed by atoms with E-state index in [0.29, 0.717) is 42.2 Å². The van der Waals surface area contributed by atoms with Gasteiger partial charge >= 0.3 is 6.18 Å². The van der Waals surface area contributed by atoms with E-state index in [1.54, 1.807) is 18.5 Å². The third kappa shape index (κ3) is 5.08. The Morgan fingerprint density at radius 1 is 1.09 bits per heavy atom. The molecule has 0 saturated carbocycles. The number of amides is 1. The molecule has 0 radical (unpaired) electrons. The molecule has 3 aromatic rings. The number of aromatic nitrogens is 4. The van der Waals surface area contributed by atoms with E-state index in [4.69, 9.17) is 0 Å². The standard InChI is InChI=1S/C25H26F3N5O/c1-16-7-4-13-33(20(16)9-10-21-31-14-18(15-32-21)25(26,27)28)24(34)22-17(2)6-3-8-19(22)23-29-11-5-12-30-23/h3,5-6,8,11-12,14-16,20H,4,7,9-10,13H2,1-2H3/t16-,20-/m1/s1. The van der Waals surface area contributed by atoms with E-state index in [0.717, 1.165) is 30.8 Å². The van der Waals surface area contributed by atoms with Crippen LogP contribution in [-0.2, 0) is 12.6 Å². The Kier molecular flexibility index (Phi) is 6.90. The summed E-state index contributed by atoms with van der Waals surface area (Å²) in [4.78, 5) is 32.2. The average molecular weight is 470 g/mol. The monoisotopic (exact) mass is 469 g/mol. The fourth-order valence-corrected chi connectivity index (χ4v) is 4.57. The molecule has 0 unspecified atom stereocenters. The molecule has 1 fully saturated rings. The molecule has 1 aromatic carbocycles. The van der Waals surface area contributed by atoms with E-state index in [-0.39, 0.29) is 17.9 Å². The molecular formula is C25H26F3N5O. The Balaban J connectivity index is 1.58. The summed E-state index contributed by atoms with van der Waals surface area (Å²) in [5.74, 6) is 1.000. The number of piperidine rings is 1. The van der Waals surface area contributed by atoms with Crippen LogP contribution in [0.15, 0.2) is 49.1 Å². The first-order chi connectivity index (χ1) is 16.3. The van der Waals surface area contributed by atoms with Crippen molar-refractivity contribution in [2.45, 2.75) is 51.7 Å². The van der Waals surface area contributed by atoms with Gasteiger partial charge in [-0.2, -0.15) is 13.2 Å². The number of hydrogen-bond donors (Lipinski definition) is 0. The third-order valence-corrected chi connectivity index (χ3v) is 6.37. The SMILES string of the molecule is Cc1cccc(-c2ncccn2)c1C(=O)N1CCC[C@@H](C)[C@H]1CCc1ncc(C(F)(F)F)cn1. The first-order valence-electron chi connectivity index (χ1n) is 11.3. The summed E-state index contributed by atoms with van der Waals surface area (Å²) >= 11 is 0. The van der Waals surface area contributed by atoms with Gasteiger partial charge in [-0.3, -0.25) is 4.79 Å². The second-order valence-corrected chi connectivity index (χ2v) is 8.68. The zero-order valence-corrected chi connectivity index (χ0v) is 19.1. The van der Waals surface area contributed by atoms with Crippen molar-refractivity contribution in [3.8, 4) is 11.4 Å². The highest BCUT2D eigenvalue weighted by atomic mass is 19.4. The van der Waals surface area contributed by atoms with Crippen molar-refractivity contribution >= 4 is 5.91 Å². The summed E-state index contributed by atoms with van der Waals surface area (Å²) in [7, 11) is 0. The predicted octanol–water partition coefficient (Wildman–Crippen LogP) is 5.13. The molecule has 1 aliphatic rings. The number of benzene rings is 1. The topological polar surface area (TPSA) is 71.9 Å². The molecular weight excluding hydrogens is 443 g/mol. The molecule has 0 bridgehead atoms. The molecule has 4 rings (SSSR count). The van der Waals surface area contributed by atoms with Gasteiger partial charge in [0.25, 0.3) is 5.91 Å². The summed E-state index contributed by atoms with van der Waals surface area (Å²) in [6, 6.07) is 7.30. The second-order valence-electron chi connectivity index (χ2n) is 8.68. The van der Waals surface area contributed by atoms with Crippen LogP contribution in [0.4, 0.5) is 13.2 Å². The lowest BCUT2D eigenvalue weighted by molar-refractivity contribution is -0.138. The van der Waals surface area contributed by atoms with Crippen molar-refractivity contribution in [3.05, 3.63) is 71.6 Å². The van der Waals surface area contributed by atoms with Crippen molar-refractivity contribution in [1.29, 1.82) is 0 Å². The number of carbonyl (C=O) groups excluding carboxylic acids is 1. The molecule has 6 nitrogen and oxygen atoms in total. The Morgan fingerprint density at radius 2 is 1.79 bits per heavy atom. The van der Waals surface area contributed by atoms with E-state index in [9.17, 15) is 18.0 Å². The minimum atomic E-state index is -4.46. The molecule has 1 aliphatic heterocycles. The molecule has 0 N–H and O–H groups in total. The number of likely N-dealkylation sites (tertiary alicyclic amines) is 1. The maximum Gasteiger partial charge on any atom is 0.419 e. The number of carbonyl (C=O) groups is 1. The Labute approximate surface area is 196 Å². The maximum atomic E-state index is 13.9. The Hall–Kier alpha value is -3.36. The zero-order chi connectivity index (χ0) is 24.3. The van der Waals surface area contributed by atoms with E-state index < -0.39 is 11.7 Å². The Morgan fingerprint density at radius 3 is 2.47 bits per heavy atom. The van der Waals surface area contributed by atoms with Gasteiger partial charge in [-0.25, -0.2) is 19.9 Å². The van der Waals surface area contributed by atoms with Crippen LogP contribution in [0.2, 0.25) is 0 Å². The third-order valence-electron chi connectivity index (χ3n) is 6.37. The van der Waals surface area contributed by atoms with Gasteiger partial charge in [0.15, 0.2) is 5.82 Å². The fraction of sp³-hybridized carbons (Fsp3) is 0.400. The van der Waals surface area contributed by atoms with Gasteiger partial charge in [0.1, 0.15) is 5.82 Å². The van der Waals surface area contributed by atoms with Crippen LogP contribution in [0.3, 0.4) is 0 Å². The van der Waals surface area contributed by atoms with Crippen LogP contribution in [0, 0.1) is 12.8 Å². The van der Waals surface area contributed by atoms with Crippen molar-refractivity contribution < 1.29 is 18.0 Å². The minimum absolute atomic E-state index is 0.0729. The maximum absolute atomic E-state index is 13.9. The summed E-state index contributed by atoms with van der Waals surface area (Å²) in [6.07, 6.45) is 3.29. The van der Waals surface area contributed by atoms with Crippen LogP contribution >= 0.6 is 0 Å². The summed E-state index contributed by atoms with van der Waals surface area (Å²) in [6.45, 7) is 4.63. The highest BCUT2D eigenvalue weighted by Gasteiger charge is 2.34. The van der Waals surface area contributed by atoms with Crippen LogP contribution in [0.5, 0.6) is 0 Å². The average Bonchev–Trinajstić information content (AvgIpc) is 2.83. The number of nitrogens with zero attached hydrogens (tertiary/aromatic N) is 5. The Bertz CT molecular complexity index is 1140. The highest BCUT2D eigenvalue weighted by Crippen LogP contribution is 2.32. The smallest absolute Gasteiger partial charge is 0.335 e. The fourth-order valence-electron chi connectivity index (χ4n) is 4.57. The molecule has 34 heavy (non-hydrogen) atoms. The van der Waals surface area contributed by atoms with Crippen LogP contribution in [0.25, 0.3) is 11.4 Å². The van der Waals surface area contributed by atoms with Gasteiger partial charge < -0.3 is 4.90 Å². The van der Waals surface area contributed by atoms with E-state index in [2.05, 4.69) is 26.9 Å². The number of hydrogen-bond acceptors (Lipinski definition) is 5. The lowest BCUT2D eigenvalue weighted by atomic mass is 9.86. The molecule has 2 aromatic heterocycles. The van der Waals surface area contributed by atoms with Crippen molar-refractivity contribution in [3.63, 3.8) is 0 Å². The first kappa shape index (κ1) is 23.8. The molecule has 9 heteroatoms. The summed E-state index contributed by atoms with van der Waals surface area (Å²) < 4.78 is 38.4. The van der Waals surface area contributed by atoms with Crippen LogP contribution in [0.1, 0.15) is 53.5 Å². The molecule has 178 valence electrons. The van der Waals surface area contributed by atoms with Crippen LogP contribution in [-0.4, -0.2) is 43.3 Å². The number of alkyl halides is 3. The molecule has 0 spiro atoms. The molecule has 1 saturated heterocycles. The van der Waals surface area contributed by atoms with Crippen LogP contribution < -0.4 is 0 Å². The van der Waals surface area contributed by atoms with Gasteiger partial charge in [-0.15, -0.1) is 0 Å². The lowest BCUT2D eigenvalue weighted by Gasteiger charge is -2.40. The van der Waals surface area contributed by atoms with Gasteiger partial charge in [-0.05, 0) is 43.7 Å². The van der Waals surface area contributed by atoms with Gasteiger partial charge in [0.05, 0.1) is 11.1 Å². The molecule has 2 atom stereocenters. The minimum Gasteiger partial charge on any atom is -0.335 e. The zero-order valence-electron chi connectivity index (χ0n) is 19.1.